The normalized spacial score (nSPS) is 25.9. The highest BCUT2D eigenvalue weighted by molar-refractivity contribution is 5.88. The van der Waals surface area contributed by atoms with Crippen molar-refractivity contribution in [1.29, 1.82) is 0 Å². The summed E-state index contributed by atoms with van der Waals surface area (Å²) in [5.74, 6) is 2.51. The lowest BCUT2D eigenvalue weighted by Gasteiger charge is -2.27. The molecule has 32 heavy (non-hydrogen) atoms. The first kappa shape index (κ1) is 21.1. The van der Waals surface area contributed by atoms with Crippen LogP contribution in [-0.2, 0) is 6.54 Å². The number of nitrogens with one attached hydrogen (secondary N) is 2. The molecule has 1 aromatic carbocycles. The van der Waals surface area contributed by atoms with Crippen molar-refractivity contribution in [3.05, 3.63) is 52.6 Å². The fourth-order valence-corrected chi connectivity index (χ4v) is 5.31. The van der Waals surface area contributed by atoms with E-state index in [9.17, 15) is 9.59 Å². The summed E-state index contributed by atoms with van der Waals surface area (Å²) in [6.45, 7) is 8.11. The number of piperazine rings is 1. The van der Waals surface area contributed by atoms with Crippen molar-refractivity contribution in [2.45, 2.75) is 19.5 Å². The summed E-state index contributed by atoms with van der Waals surface area (Å²) in [6.07, 6.45) is 1.65. The van der Waals surface area contributed by atoms with Gasteiger partial charge in [-0.2, -0.15) is 4.98 Å². The van der Waals surface area contributed by atoms with E-state index in [1.54, 1.807) is 17.2 Å². The summed E-state index contributed by atoms with van der Waals surface area (Å²) in [7, 11) is 0. The van der Waals surface area contributed by atoms with E-state index in [4.69, 9.17) is 5.73 Å². The molecule has 2 aliphatic heterocycles. The van der Waals surface area contributed by atoms with Gasteiger partial charge < -0.3 is 16.0 Å². The molecule has 2 aromatic rings. The van der Waals surface area contributed by atoms with Crippen LogP contribution in [0.3, 0.4) is 0 Å². The zero-order chi connectivity index (χ0) is 22.2. The average molecular weight is 438 g/mol. The molecule has 4 atom stereocenters. The van der Waals surface area contributed by atoms with Gasteiger partial charge >= 0.3 is 11.7 Å². The third-order valence-corrected chi connectivity index (χ3v) is 7.01. The molecule has 3 aliphatic rings. The molecule has 4 N–H and O–H groups in total. The van der Waals surface area contributed by atoms with Crippen LogP contribution < -0.4 is 22.1 Å². The minimum absolute atomic E-state index is 0.229. The van der Waals surface area contributed by atoms with Crippen LogP contribution in [0.25, 0.3) is 5.69 Å². The number of anilines is 1. The Kier molecular flexibility index (Phi) is 5.71. The molecule has 1 aliphatic carbocycles. The zero-order valence-electron chi connectivity index (χ0n) is 18.4. The highest BCUT2D eigenvalue weighted by atomic mass is 16.2. The number of likely N-dealkylation sites (tertiary alicyclic amines) is 1. The van der Waals surface area contributed by atoms with Crippen LogP contribution in [0.1, 0.15) is 12.5 Å². The molecule has 1 aromatic heterocycles. The summed E-state index contributed by atoms with van der Waals surface area (Å²) in [6, 6.07) is 9.75. The average Bonchev–Trinajstić information content (AvgIpc) is 3.31. The number of rotatable bonds is 5. The number of fused-ring (bicyclic) bond motifs is 1. The Bertz CT molecular complexity index is 1020. The number of benzene rings is 1. The van der Waals surface area contributed by atoms with Crippen molar-refractivity contribution in [3.8, 4) is 5.69 Å². The minimum atomic E-state index is -0.419. The van der Waals surface area contributed by atoms with Gasteiger partial charge in [0.25, 0.3) is 0 Å². The van der Waals surface area contributed by atoms with Gasteiger partial charge in [0.2, 0.25) is 0 Å². The Morgan fingerprint density at radius 1 is 1.19 bits per heavy atom. The maximum absolute atomic E-state index is 12.5. The summed E-state index contributed by atoms with van der Waals surface area (Å²) < 4.78 is 1.49. The number of piperidine rings is 1. The summed E-state index contributed by atoms with van der Waals surface area (Å²) in [5, 5.41) is 5.92. The summed E-state index contributed by atoms with van der Waals surface area (Å²) >= 11 is 0. The van der Waals surface area contributed by atoms with Crippen molar-refractivity contribution < 1.29 is 4.79 Å². The van der Waals surface area contributed by atoms with E-state index in [1.165, 1.54) is 10.1 Å². The Labute approximate surface area is 187 Å². The molecule has 1 saturated carbocycles. The van der Waals surface area contributed by atoms with Crippen LogP contribution in [0.5, 0.6) is 0 Å². The van der Waals surface area contributed by atoms with Crippen LogP contribution >= 0.6 is 0 Å². The van der Waals surface area contributed by atoms with Crippen molar-refractivity contribution >= 4 is 11.8 Å². The number of nitrogens with two attached hydrogens (primary N) is 1. The zero-order valence-corrected chi connectivity index (χ0v) is 18.4. The van der Waals surface area contributed by atoms with Gasteiger partial charge in [-0.1, -0.05) is 12.1 Å². The van der Waals surface area contributed by atoms with Crippen LogP contribution in [-0.4, -0.2) is 70.7 Å². The Morgan fingerprint density at radius 2 is 1.88 bits per heavy atom. The smallest absolute Gasteiger partial charge is 0.328 e. The van der Waals surface area contributed by atoms with Gasteiger partial charge in [0.1, 0.15) is 5.82 Å². The molecule has 3 heterocycles. The second kappa shape index (κ2) is 8.65. The molecule has 0 bridgehead atoms. The number of hydrogen-bond acceptors (Lipinski definition) is 6. The predicted molar refractivity (Wildman–Crippen MR) is 123 cm³/mol. The first-order valence-electron chi connectivity index (χ1n) is 11.4. The van der Waals surface area contributed by atoms with E-state index in [1.807, 2.05) is 12.1 Å². The summed E-state index contributed by atoms with van der Waals surface area (Å²) in [4.78, 5) is 33.1. The molecular weight excluding hydrogens is 406 g/mol. The van der Waals surface area contributed by atoms with Gasteiger partial charge in [-0.15, -0.1) is 0 Å². The quantitative estimate of drug-likeness (QED) is 0.635. The Morgan fingerprint density at radius 3 is 2.50 bits per heavy atom. The molecule has 2 unspecified atom stereocenters. The number of aromatic nitrogens is 2. The van der Waals surface area contributed by atoms with Gasteiger partial charge in [-0.05, 0) is 48.4 Å². The molecule has 2 amide bonds. The lowest BCUT2D eigenvalue weighted by molar-refractivity contribution is 0.204. The van der Waals surface area contributed by atoms with Crippen molar-refractivity contribution in [3.63, 3.8) is 0 Å². The molecule has 5 rings (SSSR count). The van der Waals surface area contributed by atoms with Gasteiger partial charge in [-0.25, -0.2) is 9.59 Å². The Hall–Kier alpha value is -2.75. The number of amides is 2. The second-order valence-corrected chi connectivity index (χ2v) is 9.26. The number of hydrogen-bond donors (Lipinski definition) is 3. The molecular formula is C23H31N7O2. The van der Waals surface area contributed by atoms with Gasteiger partial charge in [-0.3, -0.25) is 14.8 Å². The summed E-state index contributed by atoms with van der Waals surface area (Å²) in [5.41, 5.74) is 7.63. The number of carbonyl (C=O) groups is 1. The van der Waals surface area contributed by atoms with Gasteiger partial charge in [0.05, 0.1) is 5.69 Å². The maximum atomic E-state index is 12.5. The highest BCUT2D eigenvalue weighted by Crippen LogP contribution is 2.53. The predicted octanol–water partition coefficient (Wildman–Crippen LogP) is 0.695. The van der Waals surface area contributed by atoms with Crippen LogP contribution in [0.2, 0.25) is 0 Å². The van der Waals surface area contributed by atoms with E-state index in [0.717, 1.165) is 50.2 Å². The monoisotopic (exact) mass is 437 g/mol. The number of urea groups is 1. The van der Waals surface area contributed by atoms with Gasteiger partial charge in [0.15, 0.2) is 0 Å². The minimum Gasteiger partial charge on any atom is -0.328 e. The molecule has 0 radical (unpaired) electrons. The van der Waals surface area contributed by atoms with Crippen molar-refractivity contribution in [2.75, 3.05) is 44.6 Å². The standard InChI is InChI=1S/C23H31N7O2/c1-15(24)21-18-13-28(14-19(18)21)12-16-2-4-17(5-3-16)30-9-6-20(27-23(30)32)26-22(31)29-10-7-25-8-11-29/h2-6,9,15,18-19,21,25H,7-8,10-14,24H2,1H3,(H,26,27,31,32)/t15?,18-,19+,21?. The topological polar surface area (TPSA) is 109 Å². The van der Waals surface area contributed by atoms with Crippen molar-refractivity contribution in [1.82, 2.24) is 24.7 Å². The lowest BCUT2D eigenvalue weighted by Crippen LogP contribution is -2.48. The van der Waals surface area contributed by atoms with Gasteiger partial charge in [0, 0.05) is 58.1 Å². The third kappa shape index (κ3) is 4.28. The van der Waals surface area contributed by atoms with E-state index >= 15 is 0 Å². The fourth-order valence-electron chi connectivity index (χ4n) is 5.31. The SMILES string of the molecule is CC(N)C1[C@H]2CN(Cc3ccc(-n4ccc(NC(=O)N5CCNCC5)nc4=O)cc3)C[C@@H]12. The van der Waals surface area contributed by atoms with Crippen LogP contribution in [0.15, 0.2) is 41.3 Å². The second-order valence-electron chi connectivity index (χ2n) is 9.26. The molecule has 9 heteroatoms. The maximum Gasteiger partial charge on any atom is 0.354 e. The number of nitrogens with zero attached hydrogens (tertiary/aromatic N) is 4. The first-order valence-corrected chi connectivity index (χ1v) is 11.4. The van der Waals surface area contributed by atoms with E-state index in [2.05, 4.69) is 39.6 Å². The first-order chi connectivity index (χ1) is 15.5. The number of carbonyl (C=O) groups excluding carboxylic acids is 1. The molecule has 170 valence electrons. The lowest BCUT2D eigenvalue weighted by atomic mass is 10.1. The molecule has 0 spiro atoms. The van der Waals surface area contributed by atoms with E-state index in [0.29, 0.717) is 25.0 Å². The highest BCUT2D eigenvalue weighted by Gasteiger charge is 2.56. The molecule has 3 fully saturated rings. The molecule has 9 nitrogen and oxygen atoms in total. The van der Waals surface area contributed by atoms with E-state index < -0.39 is 5.69 Å². The largest absolute Gasteiger partial charge is 0.354 e. The van der Waals surface area contributed by atoms with Crippen LogP contribution in [0, 0.1) is 17.8 Å². The fraction of sp³-hybridized carbons (Fsp3) is 0.522. The Balaban J connectivity index is 1.19. The van der Waals surface area contributed by atoms with Crippen molar-refractivity contribution in [2.24, 2.45) is 23.5 Å². The third-order valence-electron chi connectivity index (χ3n) is 7.01. The molecule has 2 saturated heterocycles. The van der Waals surface area contributed by atoms with Crippen LogP contribution in [0.4, 0.5) is 10.6 Å². The van der Waals surface area contributed by atoms with E-state index in [-0.39, 0.29) is 11.8 Å².